The minimum atomic E-state index is -4.65. The number of aliphatic hydroxyl groups excluding tert-OH is 2. The van der Waals surface area contributed by atoms with Crippen molar-refractivity contribution in [3.63, 3.8) is 0 Å². The quantitative estimate of drug-likeness (QED) is 0.0233. The zero-order valence-corrected chi connectivity index (χ0v) is 39.5. The average Bonchev–Trinajstić information content (AvgIpc) is 3.25. The van der Waals surface area contributed by atoms with Gasteiger partial charge in [-0.05, 0) is 77.0 Å². The number of unbranched alkanes of at least 4 members (excludes halogenated alkanes) is 21. The summed E-state index contributed by atoms with van der Waals surface area (Å²) in [6.07, 6.45) is 51.9. The van der Waals surface area contributed by atoms with Gasteiger partial charge in [0.15, 0.2) is 0 Å². The SMILES string of the molecule is CC/C=C\C/C=C\C/C=C\C/C=C\CCCCCCCCC(=O)OC(CO)COP(=O)(O)OCC(CO)OC(=O)CCCCCCCCCCC/C=C\CCCCCCCC. The maximum absolute atomic E-state index is 12.4. The summed E-state index contributed by atoms with van der Waals surface area (Å²) >= 11 is 0. The summed E-state index contributed by atoms with van der Waals surface area (Å²) in [5.74, 6) is -1.03. The topological polar surface area (TPSA) is 149 Å². The van der Waals surface area contributed by atoms with Gasteiger partial charge in [-0.1, -0.05) is 177 Å². The second-order valence-corrected chi connectivity index (χ2v) is 17.5. The number of allylic oxidation sites excluding steroid dienone is 10. The third-order valence-electron chi connectivity index (χ3n) is 10.2. The molecule has 61 heavy (non-hydrogen) atoms. The van der Waals surface area contributed by atoms with Gasteiger partial charge in [0.05, 0.1) is 26.4 Å². The van der Waals surface area contributed by atoms with Crippen LogP contribution in [0.15, 0.2) is 60.8 Å². The Morgan fingerprint density at radius 1 is 0.459 bits per heavy atom. The van der Waals surface area contributed by atoms with E-state index in [0.29, 0.717) is 12.8 Å². The van der Waals surface area contributed by atoms with E-state index in [4.69, 9.17) is 18.5 Å². The summed E-state index contributed by atoms with van der Waals surface area (Å²) in [5.41, 5.74) is 0. The number of phosphoric acid groups is 1. The van der Waals surface area contributed by atoms with Gasteiger partial charge in [-0.25, -0.2) is 4.57 Å². The van der Waals surface area contributed by atoms with Crippen LogP contribution in [-0.2, 0) is 32.7 Å². The highest BCUT2D eigenvalue weighted by atomic mass is 31.2. The van der Waals surface area contributed by atoms with Crippen LogP contribution in [0.2, 0.25) is 0 Å². The molecule has 11 heteroatoms. The number of rotatable bonds is 45. The van der Waals surface area contributed by atoms with Crippen molar-refractivity contribution in [1.82, 2.24) is 0 Å². The van der Waals surface area contributed by atoms with Gasteiger partial charge in [0.25, 0.3) is 0 Å². The fourth-order valence-electron chi connectivity index (χ4n) is 6.51. The van der Waals surface area contributed by atoms with Gasteiger partial charge in [-0.3, -0.25) is 18.6 Å². The summed E-state index contributed by atoms with van der Waals surface area (Å²) in [5, 5.41) is 19.2. The Morgan fingerprint density at radius 3 is 1.13 bits per heavy atom. The van der Waals surface area contributed by atoms with Crippen LogP contribution in [0.1, 0.15) is 206 Å². The van der Waals surface area contributed by atoms with Crippen molar-refractivity contribution in [1.29, 1.82) is 0 Å². The number of carbonyl (C=O) groups excluding carboxylic acids is 2. The molecule has 0 heterocycles. The Labute approximate surface area is 372 Å². The lowest BCUT2D eigenvalue weighted by atomic mass is 10.1. The summed E-state index contributed by atoms with van der Waals surface area (Å²) in [7, 11) is -4.65. The molecule has 354 valence electrons. The van der Waals surface area contributed by atoms with Crippen molar-refractivity contribution in [3.8, 4) is 0 Å². The number of aliphatic hydroxyl groups is 2. The highest BCUT2D eigenvalue weighted by Crippen LogP contribution is 2.43. The molecule has 0 aliphatic rings. The fraction of sp³-hybridized carbons (Fsp3) is 0.760. The summed E-state index contributed by atoms with van der Waals surface area (Å²) < 4.78 is 32.7. The third-order valence-corrected chi connectivity index (χ3v) is 11.2. The van der Waals surface area contributed by atoms with E-state index in [9.17, 15) is 29.3 Å². The largest absolute Gasteiger partial charge is 0.472 e. The number of ether oxygens (including phenoxy) is 2. The third kappa shape index (κ3) is 44.1. The zero-order chi connectivity index (χ0) is 44.8. The number of hydrogen-bond acceptors (Lipinski definition) is 9. The maximum Gasteiger partial charge on any atom is 0.472 e. The van der Waals surface area contributed by atoms with E-state index >= 15 is 0 Å². The van der Waals surface area contributed by atoms with Gasteiger partial charge >= 0.3 is 19.8 Å². The van der Waals surface area contributed by atoms with Crippen LogP contribution in [-0.4, -0.2) is 65.7 Å². The Kier molecular flexibility index (Phi) is 43.9. The van der Waals surface area contributed by atoms with E-state index in [-0.39, 0.29) is 12.8 Å². The molecular weight excluding hydrogens is 792 g/mol. The van der Waals surface area contributed by atoms with Crippen molar-refractivity contribution >= 4 is 19.8 Å². The first kappa shape index (κ1) is 58.7. The van der Waals surface area contributed by atoms with Crippen LogP contribution in [0.4, 0.5) is 0 Å². The lowest BCUT2D eigenvalue weighted by Gasteiger charge is -2.20. The van der Waals surface area contributed by atoms with Gasteiger partial charge in [0.2, 0.25) is 0 Å². The summed E-state index contributed by atoms with van der Waals surface area (Å²) in [6.45, 7) is 2.09. The molecule has 0 saturated heterocycles. The smallest absolute Gasteiger partial charge is 0.457 e. The molecule has 0 radical (unpaired) electrons. The van der Waals surface area contributed by atoms with Crippen molar-refractivity contribution < 1.29 is 47.8 Å². The molecule has 0 amide bonds. The normalized spacial score (nSPS) is 14.2. The lowest BCUT2D eigenvalue weighted by molar-refractivity contribution is -0.153. The monoisotopic (exact) mass is 881 g/mol. The Bertz CT molecular complexity index is 1200. The Balaban J connectivity index is 3.90. The first-order valence-electron chi connectivity index (χ1n) is 24.2. The molecule has 0 saturated carbocycles. The molecule has 3 atom stereocenters. The Hall–Kier alpha value is -2.33. The molecule has 0 aromatic carbocycles. The first-order chi connectivity index (χ1) is 29.8. The predicted molar refractivity (Wildman–Crippen MR) is 251 cm³/mol. The van der Waals surface area contributed by atoms with Gasteiger partial charge in [0, 0.05) is 12.8 Å². The number of hydrogen-bond donors (Lipinski definition) is 3. The molecule has 3 N–H and O–H groups in total. The predicted octanol–water partition coefficient (Wildman–Crippen LogP) is 13.5. The average molecular weight is 881 g/mol. The van der Waals surface area contributed by atoms with Crippen LogP contribution >= 0.6 is 7.82 Å². The molecule has 3 unspecified atom stereocenters. The second kappa shape index (κ2) is 45.7. The number of carbonyl (C=O) groups is 2. The second-order valence-electron chi connectivity index (χ2n) is 16.1. The zero-order valence-electron chi connectivity index (χ0n) is 38.6. The standard InChI is InChI=1S/C50H89O10P/c1-3-5-7-9-11-13-15-17-19-21-23-25-27-29-31-33-35-37-39-41-49(53)59-47(43-51)45-57-61(55,56)58-46-48(44-52)60-50(54)42-40-38-36-34-32-30-28-26-24-22-20-18-16-14-12-10-8-6-4-2/h5,7,11,13,17-20,23,25,47-48,51-52H,3-4,6,8-10,12,14-16,21-22,24,26-46H2,1-2H3,(H,55,56)/b7-5-,13-11-,19-17-,20-18-,25-23-. The molecule has 0 spiro atoms. The molecule has 0 aromatic heterocycles. The Morgan fingerprint density at radius 2 is 0.770 bits per heavy atom. The minimum absolute atomic E-state index is 0.174. The molecule has 10 nitrogen and oxygen atoms in total. The lowest BCUT2D eigenvalue weighted by Crippen LogP contribution is -2.28. The highest BCUT2D eigenvalue weighted by Gasteiger charge is 2.27. The van der Waals surface area contributed by atoms with Crippen molar-refractivity contribution in [2.24, 2.45) is 0 Å². The number of esters is 2. The fourth-order valence-corrected chi connectivity index (χ4v) is 7.30. The van der Waals surface area contributed by atoms with Gasteiger partial charge in [0.1, 0.15) is 12.2 Å². The van der Waals surface area contributed by atoms with Gasteiger partial charge < -0.3 is 24.6 Å². The van der Waals surface area contributed by atoms with Gasteiger partial charge in [-0.2, -0.15) is 0 Å². The van der Waals surface area contributed by atoms with Crippen LogP contribution in [0.25, 0.3) is 0 Å². The van der Waals surface area contributed by atoms with E-state index in [1.54, 1.807) is 0 Å². The molecule has 0 fully saturated rings. The number of phosphoric ester groups is 1. The van der Waals surface area contributed by atoms with Crippen molar-refractivity contribution in [3.05, 3.63) is 60.8 Å². The van der Waals surface area contributed by atoms with E-state index in [2.05, 4.69) is 74.6 Å². The van der Waals surface area contributed by atoms with E-state index in [1.807, 2.05) is 0 Å². The van der Waals surface area contributed by atoms with Crippen LogP contribution in [0.5, 0.6) is 0 Å². The van der Waals surface area contributed by atoms with E-state index < -0.39 is 58.4 Å². The molecule has 0 aliphatic heterocycles. The van der Waals surface area contributed by atoms with Crippen molar-refractivity contribution in [2.45, 2.75) is 219 Å². The van der Waals surface area contributed by atoms with Gasteiger partial charge in [-0.15, -0.1) is 0 Å². The first-order valence-corrected chi connectivity index (χ1v) is 25.7. The van der Waals surface area contributed by atoms with Crippen LogP contribution < -0.4 is 0 Å². The maximum atomic E-state index is 12.4. The van der Waals surface area contributed by atoms with Crippen LogP contribution in [0.3, 0.4) is 0 Å². The van der Waals surface area contributed by atoms with Crippen LogP contribution in [0, 0.1) is 0 Å². The molecular formula is C50H89O10P. The highest BCUT2D eigenvalue weighted by molar-refractivity contribution is 7.47. The molecule has 0 rings (SSSR count). The minimum Gasteiger partial charge on any atom is -0.457 e. The summed E-state index contributed by atoms with van der Waals surface area (Å²) in [4.78, 5) is 34.6. The van der Waals surface area contributed by atoms with E-state index in [1.165, 1.54) is 83.5 Å². The molecule has 0 bridgehead atoms. The summed E-state index contributed by atoms with van der Waals surface area (Å²) in [6, 6.07) is 0. The van der Waals surface area contributed by atoms with E-state index in [0.717, 1.165) is 83.5 Å². The molecule has 0 aromatic rings. The van der Waals surface area contributed by atoms with Crippen molar-refractivity contribution in [2.75, 3.05) is 26.4 Å². The molecule has 0 aliphatic carbocycles.